The molecule has 0 saturated carbocycles. The first-order chi connectivity index (χ1) is 9.18. The lowest BCUT2D eigenvalue weighted by Crippen LogP contribution is -2.20. The van der Waals surface area contributed by atoms with Crippen molar-refractivity contribution in [1.82, 2.24) is 0 Å². The number of hydrogen-bond acceptors (Lipinski definition) is 3. The molecule has 19 heavy (non-hydrogen) atoms. The number of hydrogen-bond donors (Lipinski definition) is 0. The van der Waals surface area contributed by atoms with Gasteiger partial charge in [-0.2, -0.15) is 0 Å². The molecule has 0 heterocycles. The van der Waals surface area contributed by atoms with Crippen LogP contribution in [0, 0.1) is 0 Å². The predicted octanol–water partition coefficient (Wildman–Crippen LogP) is 2.72. The van der Waals surface area contributed by atoms with Crippen molar-refractivity contribution in [1.29, 1.82) is 0 Å². The van der Waals surface area contributed by atoms with Gasteiger partial charge in [-0.3, -0.25) is 4.79 Å². The lowest BCUT2D eigenvalue weighted by Gasteiger charge is -2.25. The number of fused-ring (bicyclic) bond motifs is 2. The molecule has 1 aromatic rings. The zero-order valence-electron chi connectivity index (χ0n) is 11.1. The van der Waals surface area contributed by atoms with Crippen molar-refractivity contribution in [3.05, 3.63) is 53.6 Å². The topological polar surface area (TPSA) is 35.5 Å². The Labute approximate surface area is 112 Å². The third kappa shape index (κ3) is 1.81. The molecule has 0 fully saturated rings. The van der Waals surface area contributed by atoms with Gasteiger partial charge in [0.1, 0.15) is 5.75 Å². The normalized spacial score (nSPS) is 22.8. The Morgan fingerprint density at radius 2 is 1.95 bits per heavy atom. The molecule has 98 valence electrons. The first-order valence-electron chi connectivity index (χ1n) is 6.32. The summed E-state index contributed by atoms with van der Waals surface area (Å²) in [5.41, 5.74) is 2.10. The third-order valence-corrected chi connectivity index (χ3v) is 4.01. The zero-order chi connectivity index (χ0) is 13.5. The number of carbonyl (C=O) groups is 1. The van der Waals surface area contributed by atoms with E-state index in [0.717, 1.165) is 12.2 Å². The van der Waals surface area contributed by atoms with Crippen LogP contribution in [0.4, 0.5) is 0 Å². The number of benzene rings is 1. The molecule has 0 aromatic heterocycles. The molecule has 2 aliphatic carbocycles. The summed E-state index contributed by atoms with van der Waals surface area (Å²) >= 11 is 0. The van der Waals surface area contributed by atoms with Crippen LogP contribution in [0.5, 0.6) is 5.75 Å². The maximum Gasteiger partial charge on any atom is 0.178 e. The molecule has 0 radical (unpaired) electrons. The molecule has 1 aromatic carbocycles. The van der Waals surface area contributed by atoms with E-state index in [2.05, 4.69) is 6.07 Å². The zero-order valence-corrected chi connectivity index (χ0v) is 11.1. The Balaban J connectivity index is 2.14. The van der Waals surface area contributed by atoms with Gasteiger partial charge in [-0.05, 0) is 41.8 Å². The second kappa shape index (κ2) is 4.35. The Hall–Kier alpha value is -1.87. The minimum Gasteiger partial charge on any atom is -0.497 e. The summed E-state index contributed by atoms with van der Waals surface area (Å²) in [6.45, 7) is 0. The quantitative estimate of drug-likeness (QED) is 0.816. The molecule has 3 nitrogen and oxygen atoms in total. The van der Waals surface area contributed by atoms with Gasteiger partial charge in [0, 0.05) is 12.5 Å². The predicted molar refractivity (Wildman–Crippen MR) is 72.3 cm³/mol. The average molecular weight is 256 g/mol. The fourth-order valence-corrected chi connectivity index (χ4v) is 2.97. The van der Waals surface area contributed by atoms with E-state index in [0.29, 0.717) is 0 Å². The van der Waals surface area contributed by atoms with Crippen LogP contribution in [0.15, 0.2) is 42.5 Å². The van der Waals surface area contributed by atoms with Crippen molar-refractivity contribution in [3.63, 3.8) is 0 Å². The molecule has 0 N–H and O–H groups in total. The molecule has 3 heteroatoms. The van der Waals surface area contributed by atoms with Gasteiger partial charge in [-0.1, -0.05) is 18.2 Å². The number of rotatable bonds is 2. The fourth-order valence-electron chi connectivity index (χ4n) is 2.97. The van der Waals surface area contributed by atoms with Gasteiger partial charge in [0.15, 0.2) is 5.78 Å². The monoisotopic (exact) mass is 256 g/mol. The average Bonchev–Trinajstić information content (AvgIpc) is 2.76. The number of ketones is 1. The molecule has 2 aliphatic rings. The maximum atomic E-state index is 11.4. The Bertz CT molecular complexity index is 568. The Morgan fingerprint density at radius 1 is 1.21 bits per heavy atom. The second-order valence-electron chi connectivity index (χ2n) is 4.99. The van der Waals surface area contributed by atoms with E-state index in [1.54, 1.807) is 26.4 Å². The SMILES string of the molecule is COc1ccc2c(c1)C1(C=CC(=O)C=C1)CC2OC. The van der Waals surface area contributed by atoms with Gasteiger partial charge < -0.3 is 9.47 Å². The van der Waals surface area contributed by atoms with Crippen molar-refractivity contribution in [2.45, 2.75) is 17.9 Å². The summed E-state index contributed by atoms with van der Waals surface area (Å²) in [5.74, 6) is 0.865. The summed E-state index contributed by atoms with van der Waals surface area (Å²) in [6.07, 6.45) is 8.12. The van der Waals surface area contributed by atoms with Crippen LogP contribution in [0.25, 0.3) is 0 Å². The molecule has 0 amide bonds. The highest BCUT2D eigenvalue weighted by molar-refractivity contribution is 6.00. The van der Waals surface area contributed by atoms with Gasteiger partial charge in [0.2, 0.25) is 0 Å². The van der Waals surface area contributed by atoms with Crippen molar-refractivity contribution >= 4 is 5.78 Å². The molecule has 1 spiro atoms. The van der Waals surface area contributed by atoms with Crippen LogP contribution in [-0.4, -0.2) is 20.0 Å². The van der Waals surface area contributed by atoms with Crippen LogP contribution >= 0.6 is 0 Å². The largest absolute Gasteiger partial charge is 0.497 e. The van der Waals surface area contributed by atoms with Crippen LogP contribution in [0.2, 0.25) is 0 Å². The molecule has 0 bridgehead atoms. The summed E-state index contributed by atoms with van der Waals surface area (Å²) < 4.78 is 10.9. The summed E-state index contributed by atoms with van der Waals surface area (Å²) in [4.78, 5) is 11.4. The van der Waals surface area contributed by atoms with Gasteiger partial charge in [-0.25, -0.2) is 0 Å². The van der Waals surface area contributed by atoms with Gasteiger partial charge in [-0.15, -0.1) is 0 Å². The molecule has 1 atom stereocenters. The molecule has 0 saturated heterocycles. The number of allylic oxidation sites excluding steroid dienone is 4. The van der Waals surface area contributed by atoms with Crippen molar-refractivity contribution < 1.29 is 14.3 Å². The maximum absolute atomic E-state index is 11.4. The lowest BCUT2D eigenvalue weighted by atomic mass is 9.78. The smallest absolute Gasteiger partial charge is 0.178 e. The first kappa shape index (κ1) is 12.2. The standard InChI is InChI=1S/C16H16O3/c1-18-12-3-4-13-14(9-12)16(10-15(13)19-2)7-5-11(17)6-8-16/h3-9,15H,10H2,1-2H3. The summed E-state index contributed by atoms with van der Waals surface area (Å²) in [6, 6.07) is 6.04. The number of carbonyl (C=O) groups excluding carboxylic acids is 1. The van der Waals surface area contributed by atoms with Crippen LogP contribution in [0.1, 0.15) is 23.7 Å². The van der Waals surface area contributed by atoms with Crippen molar-refractivity contribution in [2.75, 3.05) is 14.2 Å². The number of ether oxygens (including phenoxy) is 2. The highest BCUT2D eigenvalue weighted by Gasteiger charge is 2.41. The van der Waals surface area contributed by atoms with E-state index in [4.69, 9.17) is 9.47 Å². The van der Waals surface area contributed by atoms with E-state index in [9.17, 15) is 4.79 Å². The highest BCUT2D eigenvalue weighted by atomic mass is 16.5. The van der Waals surface area contributed by atoms with Crippen molar-refractivity contribution in [2.24, 2.45) is 0 Å². The minimum absolute atomic E-state index is 0.0379. The van der Waals surface area contributed by atoms with E-state index in [1.807, 2.05) is 24.3 Å². The Morgan fingerprint density at radius 3 is 2.58 bits per heavy atom. The van der Waals surface area contributed by atoms with Gasteiger partial charge in [0.25, 0.3) is 0 Å². The van der Waals surface area contributed by atoms with E-state index in [1.165, 1.54) is 11.1 Å². The molecule has 0 aliphatic heterocycles. The minimum atomic E-state index is -0.238. The lowest BCUT2D eigenvalue weighted by molar-refractivity contribution is -0.110. The molecule has 3 rings (SSSR count). The van der Waals surface area contributed by atoms with Crippen LogP contribution in [-0.2, 0) is 14.9 Å². The Kier molecular flexibility index (Phi) is 2.79. The van der Waals surface area contributed by atoms with Gasteiger partial charge >= 0.3 is 0 Å². The highest BCUT2D eigenvalue weighted by Crippen LogP contribution is 2.50. The third-order valence-electron chi connectivity index (χ3n) is 4.01. The molecular formula is C16H16O3. The number of methoxy groups -OCH3 is 2. The second-order valence-corrected chi connectivity index (χ2v) is 4.99. The van der Waals surface area contributed by atoms with Crippen LogP contribution < -0.4 is 4.74 Å². The summed E-state index contributed by atoms with van der Waals surface area (Å²) in [7, 11) is 3.38. The van der Waals surface area contributed by atoms with Crippen molar-refractivity contribution in [3.8, 4) is 5.75 Å². The molecule has 1 unspecified atom stereocenters. The van der Waals surface area contributed by atoms with E-state index < -0.39 is 0 Å². The first-order valence-corrected chi connectivity index (χ1v) is 6.32. The van der Waals surface area contributed by atoms with E-state index in [-0.39, 0.29) is 17.3 Å². The summed E-state index contributed by atoms with van der Waals surface area (Å²) in [5, 5.41) is 0. The fraction of sp³-hybridized carbons (Fsp3) is 0.312. The van der Waals surface area contributed by atoms with E-state index >= 15 is 0 Å². The van der Waals surface area contributed by atoms with Gasteiger partial charge in [0.05, 0.1) is 13.2 Å². The molecular weight excluding hydrogens is 240 g/mol. The van der Waals surface area contributed by atoms with Crippen LogP contribution in [0.3, 0.4) is 0 Å².